The van der Waals surface area contributed by atoms with Gasteiger partial charge in [-0.05, 0) is 18.2 Å². The second-order valence-electron chi connectivity index (χ2n) is 4.85. The lowest BCUT2D eigenvalue weighted by atomic mass is 10.1. The molecule has 0 bridgehead atoms. The van der Waals surface area contributed by atoms with E-state index in [1.165, 1.54) is 0 Å². The van der Waals surface area contributed by atoms with Crippen molar-refractivity contribution in [2.45, 2.75) is 6.18 Å². The van der Waals surface area contributed by atoms with Crippen LogP contribution in [0.2, 0.25) is 5.02 Å². The summed E-state index contributed by atoms with van der Waals surface area (Å²) >= 11 is 5.69. The van der Waals surface area contributed by atoms with Crippen molar-refractivity contribution in [3.05, 3.63) is 45.9 Å². The highest BCUT2D eigenvalue weighted by Crippen LogP contribution is 2.33. The third-order valence-corrected chi connectivity index (χ3v) is 3.44. The number of hydrogen-bond acceptors (Lipinski definition) is 5. The molecular weight excluding hydrogens is 370 g/mol. The van der Waals surface area contributed by atoms with Crippen molar-refractivity contribution in [2.24, 2.45) is 7.05 Å². The number of nitrogens with two attached hydrogens (primary N) is 1. The lowest BCUT2D eigenvalue weighted by Gasteiger charge is -2.08. The van der Waals surface area contributed by atoms with Gasteiger partial charge in [-0.3, -0.25) is 9.48 Å². The number of halogens is 5. The topological polar surface area (TPSA) is 87.2 Å². The van der Waals surface area contributed by atoms with Crippen molar-refractivity contribution in [3.63, 3.8) is 0 Å². The number of hydrogen-bond donors (Lipinski definition) is 1. The third kappa shape index (κ3) is 3.90. The molecule has 0 atom stereocenters. The molecule has 25 heavy (non-hydrogen) atoms. The summed E-state index contributed by atoms with van der Waals surface area (Å²) in [5.74, 6) is -3.54. The highest BCUT2D eigenvalue weighted by Gasteiger charge is 2.41. The van der Waals surface area contributed by atoms with E-state index >= 15 is 0 Å². The second kappa shape index (κ2) is 6.71. The predicted molar refractivity (Wildman–Crippen MR) is 78.6 cm³/mol. The number of benzene rings is 1. The van der Waals surface area contributed by atoms with E-state index in [4.69, 9.17) is 17.3 Å². The molecule has 2 rings (SSSR count). The van der Waals surface area contributed by atoms with Crippen molar-refractivity contribution in [1.29, 1.82) is 0 Å². The highest BCUT2D eigenvalue weighted by atomic mass is 35.5. The van der Waals surface area contributed by atoms with E-state index in [2.05, 4.69) is 9.84 Å². The van der Waals surface area contributed by atoms with Gasteiger partial charge in [0.1, 0.15) is 17.2 Å². The molecule has 0 unspecified atom stereocenters. The molecule has 11 heteroatoms. The maximum absolute atomic E-state index is 12.9. The van der Waals surface area contributed by atoms with Crippen LogP contribution >= 0.6 is 11.6 Å². The summed E-state index contributed by atoms with van der Waals surface area (Å²) in [6, 6.07) is 2.90. The van der Waals surface area contributed by atoms with Gasteiger partial charge in [-0.25, -0.2) is 9.18 Å². The van der Waals surface area contributed by atoms with E-state index in [-0.39, 0.29) is 10.6 Å². The zero-order valence-electron chi connectivity index (χ0n) is 12.5. The standard InChI is InChI=1S/C14H10ClF4N3O3/c1-22-12(20)10(11(21-22)14(17,18)19)13(24)25-5-9(23)7-3-2-6(16)4-8(7)15/h2-4H,5,20H2,1H3. The fourth-order valence-corrected chi connectivity index (χ4v) is 2.21. The largest absolute Gasteiger partial charge is 0.454 e. The Labute approximate surface area is 143 Å². The van der Waals surface area contributed by atoms with Crippen molar-refractivity contribution in [1.82, 2.24) is 9.78 Å². The van der Waals surface area contributed by atoms with Gasteiger partial charge in [-0.15, -0.1) is 0 Å². The molecule has 0 aliphatic rings. The molecule has 6 nitrogen and oxygen atoms in total. The minimum absolute atomic E-state index is 0.147. The lowest BCUT2D eigenvalue weighted by Crippen LogP contribution is -2.19. The minimum Gasteiger partial charge on any atom is -0.454 e. The van der Waals surface area contributed by atoms with Gasteiger partial charge in [0.25, 0.3) is 0 Å². The fourth-order valence-electron chi connectivity index (χ4n) is 1.93. The van der Waals surface area contributed by atoms with Gasteiger partial charge >= 0.3 is 12.1 Å². The maximum atomic E-state index is 12.9. The van der Waals surface area contributed by atoms with Crippen LogP contribution in [0.15, 0.2) is 18.2 Å². The molecule has 0 spiro atoms. The molecule has 0 saturated heterocycles. The number of carbonyl (C=O) groups is 2. The number of ketones is 1. The quantitative estimate of drug-likeness (QED) is 0.501. The van der Waals surface area contributed by atoms with Crippen LogP contribution in [-0.2, 0) is 18.0 Å². The average molecular weight is 380 g/mol. The molecule has 0 fully saturated rings. The number of rotatable bonds is 4. The van der Waals surface area contributed by atoms with Gasteiger partial charge in [0.2, 0.25) is 5.78 Å². The van der Waals surface area contributed by atoms with Crippen LogP contribution in [0.4, 0.5) is 23.4 Å². The summed E-state index contributed by atoms with van der Waals surface area (Å²) in [5, 5.41) is 2.91. The Balaban J connectivity index is 2.20. The molecule has 134 valence electrons. The maximum Gasteiger partial charge on any atom is 0.436 e. The first-order valence-corrected chi connectivity index (χ1v) is 6.95. The van der Waals surface area contributed by atoms with Gasteiger partial charge in [0.15, 0.2) is 12.3 Å². The Morgan fingerprint density at radius 3 is 2.56 bits per heavy atom. The summed E-state index contributed by atoms with van der Waals surface area (Å²) in [5.41, 5.74) is 2.75. The third-order valence-electron chi connectivity index (χ3n) is 3.13. The van der Waals surface area contributed by atoms with Crippen LogP contribution in [-0.4, -0.2) is 28.1 Å². The van der Waals surface area contributed by atoms with Crippen LogP contribution in [0.3, 0.4) is 0 Å². The van der Waals surface area contributed by atoms with Crippen molar-refractivity contribution >= 4 is 29.2 Å². The molecule has 0 radical (unpaired) electrons. The molecule has 2 N–H and O–H groups in total. The number of aromatic nitrogens is 2. The Hall–Kier alpha value is -2.62. The summed E-state index contributed by atoms with van der Waals surface area (Å²) in [4.78, 5) is 23.8. The first-order valence-electron chi connectivity index (χ1n) is 6.57. The van der Waals surface area contributed by atoms with E-state index in [0.29, 0.717) is 4.68 Å². The van der Waals surface area contributed by atoms with Crippen molar-refractivity contribution in [2.75, 3.05) is 12.3 Å². The van der Waals surface area contributed by atoms with Crippen molar-refractivity contribution in [3.8, 4) is 0 Å². The van der Waals surface area contributed by atoms with Crippen molar-refractivity contribution < 1.29 is 31.9 Å². The number of carbonyl (C=O) groups excluding carboxylic acids is 2. The monoisotopic (exact) mass is 379 g/mol. The summed E-state index contributed by atoms with van der Waals surface area (Å²) in [7, 11) is 1.12. The van der Waals surface area contributed by atoms with Gasteiger partial charge in [0, 0.05) is 12.6 Å². The van der Waals surface area contributed by atoms with Gasteiger partial charge in [-0.1, -0.05) is 11.6 Å². The van der Waals surface area contributed by atoms with Crippen LogP contribution in [0.25, 0.3) is 0 Å². The van der Waals surface area contributed by atoms with E-state index in [0.717, 1.165) is 25.2 Å². The predicted octanol–water partition coefficient (Wildman–Crippen LogP) is 2.85. The summed E-state index contributed by atoms with van der Waals surface area (Å²) in [6.07, 6.45) is -4.94. The first-order chi connectivity index (χ1) is 11.5. The number of alkyl halides is 3. The normalized spacial score (nSPS) is 11.4. The molecule has 0 amide bonds. The number of esters is 1. The van der Waals surface area contributed by atoms with Crippen LogP contribution in [0.5, 0.6) is 0 Å². The fraction of sp³-hybridized carbons (Fsp3) is 0.214. The van der Waals surface area contributed by atoms with Gasteiger partial charge < -0.3 is 10.5 Å². The summed E-state index contributed by atoms with van der Waals surface area (Å²) < 4.78 is 56.9. The smallest absolute Gasteiger partial charge is 0.436 e. The number of anilines is 1. The molecule has 1 heterocycles. The average Bonchev–Trinajstić information content (AvgIpc) is 2.80. The molecule has 0 aliphatic heterocycles. The number of ether oxygens (including phenoxy) is 1. The van der Waals surface area contributed by atoms with Crippen LogP contribution in [0.1, 0.15) is 26.4 Å². The van der Waals surface area contributed by atoms with E-state index in [1.807, 2.05) is 0 Å². The number of aryl methyl sites for hydroxylation is 1. The lowest BCUT2D eigenvalue weighted by molar-refractivity contribution is -0.142. The zero-order valence-corrected chi connectivity index (χ0v) is 13.3. The molecule has 0 aliphatic carbocycles. The van der Waals surface area contributed by atoms with Gasteiger partial charge in [0.05, 0.1) is 5.02 Å². The molecule has 2 aromatic rings. The number of Topliss-reactive ketones (excluding diaryl/α,β-unsaturated/α-hetero) is 1. The first kappa shape index (κ1) is 18.7. The second-order valence-corrected chi connectivity index (χ2v) is 5.26. The number of nitrogen functional groups attached to an aromatic ring is 1. The van der Waals surface area contributed by atoms with E-state index < -0.39 is 47.4 Å². The number of nitrogens with zero attached hydrogens (tertiary/aromatic N) is 2. The highest BCUT2D eigenvalue weighted by molar-refractivity contribution is 6.34. The summed E-state index contributed by atoms with van der Waals surface area (Å²) in [6.45, 7) is -0.907. The SMILES string of the molecule is Cn1nc(C(F)(F)F)c(C(=O)OCC(=O)c2ccc(F)cc2Cl)c1N. The van der Waals surface area contributed by atoms with Gasteiger partial charge in [-0.2, -0.15) is 18.3 Å². The zero-order chi connectivity index (χ0) is 18.9. The van der Waals surface area contributed by atoms with Crippen LogP contribution < -0.4 is 5.73 Å². The molecule has 1 aromatic carbocycles. The Kier molecular flexibility index (Phi) is 5.02. The van der Waals surface area contributed by atoms with Crippen LogP contribution in [0, 0.1) is 5.82 Å². The Morgan fingerprint density at radius 1 is 1.36 bits per heavy atom. The Morgan fingerprint density at radius 2 is 2.00 bits per heavy atom. The molecule has 1 aromatic heterocycles. The molecule has 0 saturated carbocycles. The van der Waals surface area contributed by atoms with E-state index in [1.54, 1.807) is 0 Å². The minimum atomic E-state index is -4.94. The van der Waals surface area contributed by atoms with E-state index in [9.17, 15) is 27.2 Å². The Bertz CT molecular complexity index is 849. The molecular formula is C14H10ClF4N3O3.